The normalized spacial score (nSPS) is 18.9. The van der Waals surface area contributed by atoms with E-state index in [0.717, 1.165) is 25.7 Å². The van der Waals surface area contributed by atoms with E-state index < -0.39 is 21.9 Å². The maximum Gasteiger partial charge on any atom is 0.307 e. The van der Waals surface area contributed by atoms with E-state index in [4.69, 9.17) is 5.11 Å². The third kappa shape index (κ3) is 6.38. The molecule has 0 spiro atoms. The van der Waals surface area contributed by atoms with Crippen LogP contribution in [-0.2, 0) is 14.8 Å². The topological polar surface area (TPSA) is 83.5 Å². The van der Waals surface area contributed by atoms with Gasteiger partial charge < -0.3 is 5.11 Å². The molecule has 0 bridgehead atoms. The molecule has 6 heteroatoms. The highest BCUT2D eigenvalue weighted by molar-refractivity contribution is 7.89. The van der Waals surface area contributed by atoms with Crippen LogP contribution in [0.25, 0.3) is 0 Å². The molecule has 1 atom stereocenters. The Hall–Kier alpha value is -0.620. The number of carbonyl (C=O) groups is 1. The van der Waals surface area contributed by atoms with Gasteiger partial charge in [0.2, 0.25) is 10.0 Å². The van der Waals surface area contributed by atoms with Crippen LogP contribution in [0.3, 0.4) is 0 Å². The van der Waals surface area contributed by atoms with Crippen molar-refractivity contribution in [2.24, 2.45) is 17.8 Å². The smallest absolute Gasteiger partial charge is 0.307 e. The van der Waals surface area contributed by atoms with Gasteiger partial charge in [-0.1, -0.05) is 26.7 Å². The first-order chi connectivity index (χ1) is 8.80. The zero-order valence-corrected chi connectivity index (χ0v) is 12.6. The fraction of sp³-hybridized carbons (Fsp3) is 0.923. The third-order valence-corrected chi connectivity index (χ3v) is 5.10. The van der Waals surface area contributed by atoms with Crippen molar-refractivity contribution in [1.82, 2.24) is 4.72 Å². The van der Waals surface area contributed by atoms with Crippen molar-refractivity contribution >= 4 is 16.0 Å². The zero-order valence-electron chi connectivity index (χ0n) is 11.8. The maximum atomic E-state index is 11.9. The van der Waals surface area contributed by atoms with E-state index in [1.807, 2.05) is 13.8 Å². The van der Waals surface area contributed by atoms with Crippen molar-refractivity contribution in [2.75, 3.05) is 12.3 Å². The molecule has 1 aliphatic carbocycles. The van der Waals surface area contributed by atoms with Crippen LogP contribution in [0.4, 0.5) is 0 Å². The lowest BCUT2D eigenvalue weighted by molar-refractivity contribution is -0.142. The number of nitrogens with one attached hydrogen (secondary N) is 1. The molecule has 0 saturated heterocycles. The van der Waals surface area contributed by atoms with Crippen LogP contribution in [0.15, 0.2) is 0 Å². The van der Waals surface area contributed by atoms with Crippen LogP contribution in [0.5, 0.6) is 0 Å². The second kappa shape index (κ2) is 7.24. The summed E-state index contributed by atoms with van der Waals surface area (Å²) < 4.78 is 26.3. The van der Waals surface area contributed by atoms with Crippen LogP contribution in [0.2, 0.25) is 0 Å². The minimum absolute atomic E-state index is 0.00255. The largest absolute Gasteiger partial charge is 0.481 e. The molecule has 1 rings (SSSR count). The summed E-state index contributed by atoms with van der Waals surface area (Å²) in [5.41, 5.74) is 0. The summed E-state index contributed by atoms with van der Waals surface area (Å²) in [5, 5.41) is 9.07. The molecule has 0 heterocycles. The zero-order chi connectivity index (χ0) is 14.5. The van der Waals surface area contributed by atoms with Gasteiger partial charge in [-0.3, -0.25) is 4.79 Å². The summed E-state index contributed by atoms with van der Waals surface area (Å²) in [5.74, 6) is -0.956. The van der Waals surface area contributed by atoms with Gasteiger partial charge in [-0.2, -0.15) is 0 Å². The van der Waals surface area contributed by atoms with Crippen molar-refractivity contribution in [1.29, 1.82) is 0 Å². The summed E-state index contributed by atoms with van der Waals surface area (Å²) in [7, 11) is -3.34. The molecule has 1 saturated carbocycles. The Balaban J connectivity index is 2.45. The van der Waals surface area contributed by atoms with Gasteiger partial charge in [0.1, 0.15) is 0 Å². The maximum absolute atomic E-state index is 11.9. The molecule has 0 amide bonds. The van der Waals surface area contributed by atoms with Gasteiger partial charge in [-0.05, 0) is 31.1 Å². The first kappa shape index (κ1) is 16.4. The molecule has 1 aliphatic rings. The molecule has 112 valence electrons. The second-order valence-electron chi connectivity index (χ2n) is 5.95. The highest BCUT2D eigenvalue weighted by Crippen LogP contribution is 2.25. The van der Waals surface area contributed by atoms with Crippen LogP contribution < -0.4 is 4.72 Å². The van der Waals surface area contributed by atoms with Gasteiger partial charge in [-0.25, -0.2) is 13.1 Å². The highest BCUT2D eigenvalue weighted by atomic mass is 32.2. The van der Waals surface area contributed by atoms with Crippen molar-refractivity contribution in [2.45, 2.75) is 46.0 Å². The van der Waals surface area contributed by atoms with E-state index in [1.165, 1.54) is 0 Å². The van der Waals surface area contributed by atoms with E-state index in [-0.39, 0.29) is 24.1 Å². The van der Waals surface area contributed by atoms with Gasteiger partial charge in [0.25, 0.3) is 0 Å². The Labute approximate surface area is 115 Å². The summed E-state index contributed by atoms with van der Waals surface area (Å²) in [6.45, 7) is 3.87. The fourth-order valence-corrected chi connectivity index (χ4v) is 4.14. The molecule has 5 nitrogen and oxygen atoms in total. The van der Waals surface area contributed by atoms with Gasteiger partial charge in [0.05, 0.1) is 11.7 Å². The van der Waals surface area contributed by atoms with E-state index in [2.05, 4.69) is 4.72 Å². The van der Waals surface area contributed by atoms with Crippen molar-refractivity contribution < 1.29 is 18.3 Å². The van der Waals surface area contributed by atoms with Crippen LogP contribution in [0.1, 0.15) is 46.0 Å². The molecule has 2 N–H and O–H groups in total. The van der Waals surface area contributed by atoms with Crippen LogP contribution >= 0.6 is 0 Å². The average molecular weight is 291 g/mol. The van der Waals surface area contributed by atoms with Crippen LogP contribution in [-0.4, -0.2) is 31.8 Å². The first-order valence-corrected chi connectivity index (χ1v) is 8.65. The molecule has 0 aromatic carbocycles. The van der Waals surface area contributed by atoms with Gasteiger partial charge in [-0.15, -0.1) is 0 Å². The number of carboxylic acid groups (broad SMARTS) is 1. The second-order valence-corrected chi connectivity index (χ2v) is 7.80. The number of rotatable bonds is 8. The van der Waals surface area contributed by atoms with E-state index >= 15 is 0 Å². The Kier molecular flexibility index (Phi) is 6.26. The number of hydrogen-bond donors (Lipinski definition) is 2. The van der Waals surface area contributed by atoms with Gasteiger partial charge in [0, 0.05) is 6.54 Å². The minimum Gasteiger partial charge on any atom is -0.481 e. The Morgan fingerprint density at radius 1 is 1.32 bits per heavy atom. The molecule has 0 aliphatic heterocycles. The summed E-state index contributed by atoms with van der Waals surface area (Å²) in [6, 6.07) is 0. The number of aliphatic carboxylic acids is 1. The quantitative estimate of drug-likeness (QED) is 0.715. The average Bonchev–Trinajstić information content (AvgIpc) is 2.75. The summed E-state index contributed by atoms with van der Waals surface area (Å²) in [4.78, 5) is 11.1. The minimum atomic E-state index is -3.34. The van der Waals surface area contributed by atoms with E-state index in [0.29, 0.717) is 6.42 Å². The molecule has 0 radical (unpaired) electrons. The Bertz CT molecular complexity index is 385. The summed E-state index contributed by atoms with van der Waals surface area (Å²) in [6.07, 6.45) is 4.63. The van der Waals surface area contributed by atoms with Gasteiger partial charge >= 0.3 is 5.97 Å². The van der Waals surface area contributed by atoms with Crippen molar-refractivity contribution in [3.63, 3.8) is 0 Å². The molecular weight excluding hydrogens is 266 g/mol. The monoisotopic (exact) mass is 291 g/mol. The lowest BCUT2D eigenvalue weighted by Crippen LogP contribution is -2.36. The lowest BCUT2D eigenvalue weighted by atomic mass is 9.98. The SMILES string of the molecule is CC(C)CC(CNS(=O)(=O)CC1CCCC1)C(=O)O. The van der Waals surface area contributed by atoms with Gasteiger partial charge in [0.15, 0.2) is 0 Å². The van der Waals surface area contributed by atoms with Crippen molar-refractivity contribution in [3.8, 4) is 0 Å². The number of carboxylic acids is 1. The van der Waals surface area contributed by atoms with Crippen LogP contribution in [0, 0.1) is 17.8 Å². The first-order valence-electron chi connectivity index (χ1n) is 7.00. The van der Waals surface area contributed by atoms with E-state index in [1.54, 1.807) is 0 Å². The number of sulfonamides is 1. The molecule has 0 aromatic heterocycles. The predicted octanol–water partition coefficient (Wildman–Crippen LogP) is 1.84. The molecule has 1 fully saturated rings. The summed E-state index contributed by atoms with van der Waals surface area (Å²) >= 11 is 0. The Morgan fingerprint density at radius 2 is 1.89 bits per heavy atom. The van der Waals surface area contributed by atoms with Crippen molar-refractivity contribution in [3.05, 3.63) is 0 Å². The molecule has 19 heavy (non-hydrogen) atoms. The molecule has 0 aromatic rings. The lowest BCUT2D eigenvalue weighted by Gasteiger charge is -2.16. The fourth-order valence-electron chi connectivity index (χ4n) is 2.61. The standard InChI is InChI=1S/C13H25NO4S/c1-10(2)7-12(13(15)16)8-14-19(17,18)9-11-5-3-4-6-11/h10-12,14H,3-9H2,1-2H3,(H,15,16). The predicted molar refractivity (Wildman–Crippen MR) is 74.3 cm³/mol. The Morgan fingerprint density at radius 3 is 2.37 bits per heavy atom. The highest BCUT2D eigenvalue weighted by Gasteiger charge is 2.25. The number of hydrogen-bond acceptors (Lipinski definition) is 3. The molecule has 1 unspecified atom stereocenters. The molecular formula is C13H25NO4S. The van der Waals surface area contributed by atoms with E-state index in [9.17, 15) is 13.2 Å². The third-order valence-electron chi connectivity index (χ3n) is 3.58.